The van der Waals surface area contributed by atoms with E-state index in [0.29, 0.717) is 6.54 Å². The molecule has 1 aromatic rings. The Kier molecular flexibility index (Phi) is 6.03. The van der Waals surface area contributed by atoms with Crippen molar-refractivity contribution in [1.29, 1.82) is 0 Å². The van der Waals surface area contributed by atoms with Gasteiger partial charge in [0, 0.05) is 18.5 Å². The molecular formula is C20H35N2O+. The first-order chi connectivity index (χ1) is 10.4. The lowest BCUT2D eigenvalue weighted by Gasteiger charge is -2.54. The second-order valence-corrected chi connectivity index (χ2v) is 8.73. The predicted octanol–water partition coefficient (Wildman–Crippen LogP) is 4.16. The van der Waals surface area contributed by atoms with Crippen molar-refractivity contribution in [3.05, 3.63) is 35.4 Å². The van der Waals surface area contributed by atoms with Gasteiger partial charge in [-0.05, 0) is 60.6 Å². The van der Waals surface area contributed by atoms with Gasteiger partial charge in [-0.3, -0.25) is 4.79 Å². The summed E-state index contributed by atoms with van der Waals surface area (Å²) in [6.07, 6.45) is 0.975. The smallest absolute Gasteiger partial charge is 0.251 e. The Morgan fingerprint density at radius 1 is 1.00 bits per heavy atom. The summed E-state index contributed by atoms with van der Waals surface area (Å²) in [5, 5.41) is 3.04. The molecule has 3 heteroatoms. The highest BCUT2D eigenvalue weighted by Crippen LogP contribution is 2.33. The van der Waals surface area contributed by atoms with Crippen LogP contribution in [-0.4, -0.2) is 41.6 Å². The van der Waals surface area contributed by atoms with Crippen LogP contribution < -0.4 is 5.32 Å². The Bertz CT molecular complexity index is 504. The summed E-state index contributed by atoms with van der Waals surface area (Å²) in [5.41, 5.74) is 2.24. The van der Waals surface area contributed by atoms with E-state index in [4.69, 9.17) is 0 Å². The highest BCUT2D eigenvalue weighted by Gasteiger charge is 2.44. The van der Waals surface area contributed by atoms with Gasteiger partial charge in [0.05, 0.1) is 24.7 Å². The molecule has 0 atom stereocenters. The van der Waals surface area contributed by atoms with Crippen molar-refractivity contribution in [2.45, 2.75) is 66.0 Å². The highest BCUT2D eigenvalue weighted by molar-refractivity contribution is 5.94. The lowest BCUT2D eigenvalue weighted by Crippen LogP contribution is -2.67. The third-order valence-corrected chi connectivity index (χ3v) is 5.34. The topological polar surface area (TPSA) is 29.1 Å². The van der Waals surface area contributed by atoms with Gasteiger partial charge in [-0.15, -0.1) is 0 Å². The maximum atomic E-state index is 12.2. The SMILES string of the molecule is Cc1ccc(C(=O)NCCC[N+](C)(C(C)(C)C)C(C)(C)C)cc1. The zero-order valence-electron chi connectivity index (χ0n) is 16.3. The molecule has 0 saturated carbocycles. The van der Waals surface area contributed by atoms with Crippen LogP contribution in [-0.2, 0) is 0 Å². The Labute approximate surface area is 142 Å². The number of rotatable bonds is 5. The molecule has 0 saturated heterocycles. The largest absolute Gasteiger partial charge is 0.352 e. The summed E-state index contributed by atoms with van der Waals surface area (Å²) in [5.74, 6) is 0.0192. The number of carbonyl (C=O) groups is 1. The van der Waals surface area contributed by atoms with Gasteiger partial charge in [0.25, 0.3) is 5.91 Å². The van der Waals surface area contributed by atoms with Crippen LogP contribution in [0.4, 0.5) is 0 Å². The lowest BCUT2D eigenvalue weighted by molar-refractivity contribution is -0.994. The molecule has 0 aromatic heterocycles. The molecule has 1 amide bonds. The molecule has 0 spiro atoms. The number of carbonyl (C=O) groups excluding carboxylic acids is 1. The molecule has 0 aliphatic heterocycles. The van der Waals surface area contributed by atoms with Crippen LogP contribution in [0, 0.1) is 6.92 Å². The fourth-order valence-electron chi connectivity index (χ4n) is 3.08. The van der Waals surface area contributed by atoms with E-state index in [2.05, 4.69) is 53.9 Å². The minimum Gasteiger partial charge on any atom is -0.352 e. The molecule has 0 heterocycles. The van der Waals surface area contributed by atoms with E-state index < -0.39 is 0 Å². The van der Waals surface area contributed by atoms with E-state index in [1.165, 1.54) is 5.56 Å². The second kappa shape index (κ2) is 7.04. The van der Waals surface area contributed by atoms with E-state index in [0.717, 1.165) is 23.0 Å². The molecule has 130 valence electrons. The van der Waals surface area contributed by atoms with Gasteiger partial charge in [0.15, 0.2) is 0 Å². The summed E-state index contributed by atoms with van der Waals surface area (Å²) in [6, 6.07) is 7.72. The molecule has 0 radical (unpaired) electrons. The van der Waals surface area contributed by atoms with E-state index in [-0.39, 0.29) is 17.0 Å². The molecule has 3 nitrogen and oxygen atoms in total. The quantitative estimate of drug-likeness (QED) is 0.641. The van der Waals surface area contributed by atoms with Crippen LogP contribution in [0.2, 0.25) is 0 Å². The summed E-state index contributed by atoms with van der Waals surface area (Å²) in [4.78, 5) is 12.2. The summed E-state index contributed by atoms with van der Waals surface area (Å²) in [6.45, 7) is 17.6. The standard InChI is InChI=1S/C20H34N2O/c1-16-10-12-17(13-11-16)18(23)21-14-9-15-22(8,19(2,3)4)20(5,6)7/h10-13H,9,14-15H2,1-8H3/p+1. The van der Waals surface area contributed by atoms with Crippen molar-refractivity contribution < 1.29 is 9.28 Å². The molecule has 0 unspecified atom stereocenters. The van der Waals surface area contributed by atoms with Gasteiger partial charge in [-0.1, -0.05) is 17.7 Å². The normalized spacial score (nSPS) is 13.0. The monoisotopic (exact) mass is 319 g/mol. The average Bonchev–Trinajstić information content (AvgIpc) is 2.41. The Morgan fingerprint density at radius 2 is 1.48 bits per heavy atom. The van der Waals surface area contributed by atoms with Crippen molar-refractivity contribution in [2.75, 3.05) is 20.1 Å². The predicted molar refractivity (Wildman–Crippen MR) is 98.7 cm³/mol. The van der Waals surface area contributed by atoms with Gasteiger partial charge in [0.2, 0.25) is 0 Å². The third kappa shape index (κ3) is 4.81. The maximum Gasteiger partial charge on any atom is 0.251 e. The molecular weight excluding hydrogens is 284 g/mol. The first-order valence-corrected chi connectivity index (χ1v) is 8.59. The Hall–Kier alpha value is -1.35. The van der Waals surface area contributed by atoms with Crippen molar-refractivity contribution in [2.24, 2.45) is 0 Å². The molecule has 0 fully saturated rings. The first kappa shape index (κ1) is 19.7. The average molecular weight is 320 g/mol. The fourth-order valence-corrected chi connectivity index (χ4v) is 3.08. The van der Waals surface area contributed by atoms with Crippen LogP contribution in [0.25, 0.3) is 0 Å². The Morgan fingerprint density at radius 3 is 1.91 bits per heavy atom. The van der Waals surface area contributed by atoms with Crippen molar-refractivity contribution in [1.82, 2.24) is 5.32 Å². The number of nitrogens with zero attached hydrogens (tertiary/aromatic N) is 1. The van der Waals surface area contributed by atoms with Crippen LogP contribution in [0.1, 0.15) is 63.9 Å². The zero-order valence-corrected chi connectivity index (χ0v) is 16.3. The van der Waals surface area contributed by atoms with Gasteiger partial charge in [-0.2, -0.15) is 0 Å². The van der Waals surface area contributed by atoms with Crippen LogP contribution in [0.3, 0.4) is 0 Å². The number of hydrogen-bond donors (Lipinski definition) is 1. The maximum absolute atomic E-state index is 12.2. The van der Waals surface area contributed by atoms with E-state index in [9.17, 15) is 4.79 Å². The zero-order chi connectivity index (χ0) is 17.9. The molecule has 1 rings (SSSR count). The molecule has 1 aromatic carbocycles. The number of nitrogens with one attached hydrogen (secondary N) is 1. The van der Waals surface area contributed by atoms with Crippen molar-refractivity contribution in [3.8, 4) is 0 Å². The van der Waals surface area contributed by atoms with Crippen LogP contribution in [0.5, 0.6) is 0 Å². The lowest BCUT2D eigenvalue weighted by atomic mass is 9.91. The number of quaternary nitrogens is 1. The first-order valence-electron chi connectivity index (χ1n) is 8.59. The molecule has 23 heavy (non-hydrogen) atoms. The molecule has 0 bridgehead atoms. The molecule has 1 N–H and O–H groups in total. The van der Waals surface area contributed by atoms with Crippen molar-refractivity contribution >= 4 is 5.91 Å². The van der Waals surface area contributed by atoms with E-state index >= 15 is 0 Å². The van der Waals surface area contributed by atoms with E-state index in [1.54, 1.807) is 0 Å². The Balaban J connectivity index is 2.58. The highest BCUT2D eigenvalue weighted by atomic mass is 16.1. The number of amides is 1. The van der Waals surface area contributed by atoms with Gasteiger partial charge in [0.1, 0.15) is 0 Å². The summed E-state index contributed by atoms with van der Waals surface area (Å²) in [7, 11) is 2.32. The van der Waals surface area contributed by atoms with Gasteiger partial charge >= 0.3 is 0 Å². The number of benzene rings is 1. The number of hydrogen-bond acceptors (Lipinski definition) is 1. The van der Waals surface area contributed by atoms with Gasteiger partial charge < -0.3 is 9.80 Å². The summed E-state index contributed by atoms with van der Waals surface area (Å²) >= 11 is 0. The van der Waals surface area contributed by atoms with E-state index in [1.807, 2.05) is 31.2 Å². The number of aryl methyl sites for hydroxylation is 1. The molecule has 0 aliphatic rings. The minimum atomic E-state index is 0.0192. The molecule has 0 aliphatic carbocycles. The minimum absolute atomic E-state index is 0.0192. The fraction of sp³-hybridized carbons (Fsp3) is 0.650. The van der Waals surface area contributed by atoms with Crippen LogP contribution >= 0.6 is 0 Å². The van der Waals surface area contributed by atoms with Crippen molar-refractivity contribution in [3.63, 3.8) is 0 Å². The van der Waals surface area contributed by atoms with Gasteiger partial charge in [-0.25, -0.2) is 0 Å². The van der Waals surface area contributed by atoms with Crippen LogP contribution in [0.15, 0.2) is 24.3 Å². The third-order valence-electron chi connectivity index (χ3n) is 5.34. The summed E-state index contributed by atoms with van der Waals surface area (Å²) < 4.78 is 0.973. The second-order valence-electron chi connectivity index (χ2n) is 8.73.